The van der Waals surface area contributed by atoms with Gasteiger partial charge in [0.15, 0.2) is 15.0 Å². The van der Waals surface area contributed by atoms with Gasteiger partial charge >= 0.3 is 0 Å². The Morgan fingerprint density at radius 1 is 1.33 bits per heavy atom. The number of rotatable bonds is 5. The molecule has 9 heteroatoms. The number of carbonyl (C=O) groups excluding carboxylic acids is 1. The molecule has 7 nitrogen and oxygen atoms in total. The monoisotopic (exact) mass is 369 g/mol. The molecular weight excluding hydrogens is 350 g/mol. The first-order chi connectivity index (χ1) is 11.5. The zero-order valence-electron chi connectivity index (χ0n) is 13.2. The first-order valence-electron chi connectivity index (χ1n) is 7.56. The van der Waals surface area contributed by atoms with Crippen LogP contribution in [0.1, 0.15) is 10.4 Å². The maximum atomic E-state index is 11.9. The van der Waals surface area contributed by atoms with Crippen molar-refractivity contribution in [3.8, 4) is 0 Å². The highest BCUT2D eigenvalue weighted by Crippen LogP contribution is 2.34. The fraction of sp³-hybridized carbons (Fsp3) is 0.467. The molecule has 2 aliphatic heterocycles. The Kier molecular flexibility index (Phi) is 5.12. The average molecular weight is 369 g/mol. The predicted octanol–water partition coefficient (Wildman–Crippen LogP) is 0.743. The number of ether oxygens (including phenoxy) is 1. The van der Waals surface area contributed by atoms with Crippen molar-refractivity contribution in [2.75, 3.05) is 37.1 Å². The second-order valence-electron chi connectivity index (χ2n) is 5.69. The van der Waals surface area contributed by atoms with Gasteiger partial charge in [-0.2, -0.15) is 0 Å². The molecule has 1 aromatic carbocycles. The summed E-state index contributed by atoms with van der Waals surface area (Å²) in [5, 5.41) is 6.69. The van der Waals surface area contributed by atoms with Gasteiger partial charge in [-0.05, 0) is 24.3 Å². The zero-order chi connectivity index (χ0) is 17.2. The van der Waals surface area contributed by atoms with Crippen LogP contribution in [0.5, 0.6) is 0 Å². The molecule has 0 aromatic heterocycles. The van der Waals surface area contributed by atoms with Crippen LogP contribution in [-0.4, -0.2) is 62.6 Å². The third-order valence-electron chi connectivity index (χ3n) is 3.81. The summed E-state index contributed by atoms with van der Waals surface area (Å²) in [5.41, 5.74) is 1.39. The van der Waals surface area contributed by atoms with Crippen molar-refractivity contribution in [3.05, 3.63) is 29.8 Å². The van der Waals surface area contributed by atoms with Crippen LogP contribution < -0.4 is 10.6 Å². The molecule has 1 amide bonds. The lowest BCUT2D eigenvalue weighted by atomic mass is 10.2. The van der Waals surface area contributed by atoms with Crippen LogP contribution >= 0.6 is 11.8 Å². The second-order valence-corrected chi connectivity index (χ2v) is 9.07. The smallest absolute Gasteiger partial charge is 0.251 e. The number of fused-ring (bicyclic) bond motifs is 1. The normalized spacial score (nSPS) is 24.3. The number of hydrogen-bond donors (Lipinski definition) is 2. The summed E-state index contributed by atoms with van der Waals surface area (Å²) in [4.78, 5) is 16.3. The van der Waals surface area contributed by atoms with E-state index in [9.17, 15) is 13.2 Å². The van der Waals surface area contributed by atoms with E-state index in [4.69, 9.17) is 4.74 Å². The number of benzene rings is 1. The number of anilines is 1. The number of aliphatic imine (C=N–C) groups is 1. The molecule has 0 bridgehead atoms. The molecule has 3 rings (SSSR count). The van der Waals surface area contributed by atoms with Crippen molar-refractivity contribution in [3.63, 3.8) is 0 Å². The van der Waals surface area contributed by atoms with Crippen LogP contribution in [0, 0.1) is 0 Å². The van der Waals surface area contributed by atoms with Crippen LogP contribution in [0.15, 0.2) is 29.3 Å². The molecule has 0 radical (unpaired) electrons. The Labute approximate surface area is 145 Å². The van der Waals surface area contributed by atoms with E-state index in [1.54, 1.807) is 31.4 Å². The molecule has 1 saturated heterocycles. The Balaban J connectivity index is 1.57. The Hall–Kier alpha value is -1.58. The molecule has 1 fully saturated rings. The lowest BCUT2D eigenvalue weighted by Crippen LogP contribution is -2.26. The number of carbonyl (C=O) groups is 1. The minimum atomic E-state index is -2.94. The predicted molar refractivity (Wildman–Crippen MR) is 95.5 cm³/mol. The van der Waals surface area contributed by atoms with Gasteiger partial charge in [-0.15, -0.1) is 0 Å². The summed E-state index contributed by atoms with van der Waals surface area (Å²) in [6.07, 6.45) is 0. The molecule has 24 heavy (non-hydrogen) atoms. The van der Waals surface area contributed by atoms with Crippen molar-refractivity contribution in [1.29, 1.82) is 0 Å². The molecule has 1 aromatic rings. The topological polar surface area (TPSA) is 96.9 Å². The molecule has 0 saturated carbocycles. The standard InChI is InChI=1S/C15H19N3O4S2/c1-22-7-6-16-14(19)10-2-4-11(5-3-10)17-15-18-12-8-24(20,21)9-13(12)23-15/h2-5,12-13H,6-9H2,1H3,(H,16,19)(H,17,18)/t12-,13+/m1/s1. The van der Waals surface area contributed by atoms with Gasteiger partial charge < -0.3 is 15.4 Å². The van der Waals surface area contributed by atoms with Crippen LogP contribution in [0.2, 0.25) is 0 Å². The summed E-state index contributed by atoms with van der Waals surface area (Å²) < 4.78 is 28.0. The molecular formula is C15H19N3O4S2. The fourth-order valence-corrected chi connectivity index (χ4v) is 6.29. The van der Waals surface area contributed by atoms with Crippen molar-refractivity contribution < 1.29 is 17.9 Å². The number of nitrogens with zero attached hydrogens (tertiary/aromatic N) is 1. The van der Waals surface area contributed by atoms with Crippen molar-refractivity contribution in [1.82, 2.24) is 5.32 Å². The number of sulfone groups is 1. The number of nitrogens with one attached hydrogen (secondary N) is 2. The van der Waals surface area contributed by atoms with Gasteiger partial charge in [0.2, 0.25) is 0 Å². The van der Waals surface area contributed by atoms with E-state index in [0.29, 0.717) is 18.7 Å². The fourth-order valence-electron chi connectivity index (χ4n) is 2.61. The van der Waals surface area contributed by atoms with E-state index < -0.39 is 9.84 Å². The van der Waals surface area contributed by atoms with Crippen LogP contribution in [0.25, 0.3) is 0 Å². The highest BCUT2D eigenvalue weighted by atomic mass is 32.2. The molecule has 0 aliphatic carbocycles. The molecule has 2 N–H and O–H groups in total. The van der Waals surface area contributed by atoms with E-state index >= 15 is 0 Å². The van der Waals surface area contributed by atoms with Gasteiger partial charge in [-0.25, -0.2) is 8.42 Å². The number of amidine groups is 1. The Morgan fingerprint density at radius 3 is 2.75 bits per heavy atom. The molecule has 2 atom stereocenters. The van der Waals surface area contributed by atoms with E-state index in [0.717, 1.165) is 10.9 Å². The van der Waals surface area contributed by atoms with Crippen LogP contribution in [-0.2, 0) is 14.6 Å². The highest BCUT2D eigenvalue weighted by molar-refractivity contribution is 8.15. The minimum Gasteiger partial charge on any atom is -0.383 e. The average Bonchev–Trinajstić information content (AvgIpc) is 3.00. The van der Waals surface area contributed by atoms with Gasteiger partial charge in [0.25, 0.3) is 5.91 Å². The quantitative estimate of drug-likeness (QED) is 0.743. The highest BCUT2D eigenvalue weighted by Gasteiger charge is 2.42. The number of methoxy groups -OCH3 is 1. The van der Waals surface area contributed by atoms with E-state index in [1.807, 2.05) is 0 Å². The van der Waals surface area contributed by atoms with Crippen LogP contribution in [0.4, 0.5) is 5.69 Å². The maximum Gasteiger partial charge on any atom is 0.251 e. The maximum absolute atomic E-state index is 11.9. The summed E-state index contributed by atoms with van der Waals surface area (Å²) >= 11 is 1.47. The number of hydrogen-bond acceptors (Lipinski definition) is 7. The lowest BCUT2D eigenvalue weighted by Gasteiger charge is -2.08. The minimum absolute atomic E-state index is 0.0170. The SMILES string of the molecule is COCCNC(=O)c1ccc(NC2=N[C@@H]3CS(=O)(=O)C[C@@H]3S2)cc1. The van der Waals surface area contributed by atoms with Gasteiger partial charge in [-0.1, -0.05) is 11.8 Å². The van der Waals surface area contributed by atoms with Crippen molar-refractivity contribution >= 4 is 38.4 Å². The summed E-state index contributed by atoms with van der Waals surface area (Å²) in [5.74, 6) is 0.180. The molecule has 0 unspecified atom stereocenters. The van der Waals surface area contributed by atoms with Crippen molar-refractivity contribution in [2.24, 2.45) is 4.99 Å². The summed E-state index contributed by atoms with van der Waals surface area (Å²) in [6, 6.07) is 6.93. The first kappa shape index (κ1) is 17.2. The lowest BCUT2D eigenvalue weighted by molar-refractivity contribution is 0.0937. The number of amides is 1. The van der Waals surface area contributed by atoms with Crippen LogP contribution in [0.3, 0.4) is 0 Å². The van der Waals surface area contributed by atoms with Gasteiger partial charge in [0, 0.05) is 30.2 Å². The van der Waals surface area contributed by atoms with Gasteiger partial charge in [0.1, 0.15) is 0 Å². The Bertz CT molecular complexity index is 746. The zero-order valence-corrected chi connectivity index (χ0v) is 14.8. The third kappa shape index (κ3) is 4.08. The second kappa shape index (κ2) is 7.12. The van der Waals surface area contributed by atoms with Gasteiger partial charge in [0.05, 0.1) is 24.2 Å². The molecule has 0 spiro atoms. The molecule has 2 heterocycles. The van der Waals surface area contributed by atoms with Crippen molar-refractivity contribution in [2.45, 2.75) is 11.3 Å². The third-order valence-corrected chi connectivity index (χ3v) is 6.95. The molecule has 130 valence electrons. The number of thioether (sulfide) groups is 1. The molecule has 2 aliphatic rings. The summed E-state index contributed by atoms with van der Waals surface area (Å²) in [7, 11) is -1.35. The first-order valence-corrected chi connectivity index (χ1v) is 10.3. The van der Waals surface area contributed by atoms with E-state index in [1.165, 1.54) is 11.8 Å². The largest absolute Gasteiger partial charge is 0.383 e. The van der Waals surface area contributed by atoms with E-state index in [-0.39, 0.29) is 28.7 Å². The van der Waals surface area contributed by atoms with Gasteiger partial charge in [-0.3, -0.25) is 9.79 Å². The summed E-state index contributed by atoms with van der Waals surface area (Å²) in [6.45, 7) is 0.939. The van der Waals surface area contributed by atoms with E-state index in [2.05, 4.69) is 15.6 Å². The Morgan fingerprint density at radius 2 is 2.08 bits per heavy atom.